The molecule has 2 heterocycles. The number of fused-ring (bicyclic) bond motifs is 1. The first kappa shape index (κ1) is 20.0. The summed E-state index contributed by atoms with van der Waals surface area (Å²) in [6, 6.07) is 19.1. The van der Waals surface area contributed by atoms with Crippen LogP contribution in [0.4, 0.5) is 11.4 Å². The van der Waals surface area contributed by atoms with Crippen LogP contribution in [0.1, 0.15) is 24.1 Å². The van der Waals surface area contributed by atoms with Crippen molar-refractivity contribution in [3.63, 3.8) is 0 Å². The van der Waals surface area contributed by atoms with Gasteiger partial charge in [0.25, 0.3) is 0 Å². The monoisotopic (exact) mass is 414 g/mol. The number of hydrogen-bond donors (Lipinski definition) is 1. The molecule has 1 N–H and O–H groups in total. The zero-order valence-corrected chi connectivity index (χ0v) is 18.2. The van der Waals surface area contributed by atoms with Crippen LogP contribution in [0.5, 0.6) is 0 Å². The summed E-state index contributed by atoms with van der Waals surface area (Å²) in [5.41, 5.74) is 5.65. The lowest BCUT2D eigenvalue weighted by Gasteiger charge is -2.36. The molecule has 160 valence electrons. The molecule has 2 aromatic carbocycles. The second-order valence-electron chi connectivity index (χ2n) is 8.84. The predicted octanol–water partition coefficient (Wildman–Crippen LogP) is 4.26. The highest BCUT2D eigenvalue weighted by Gasteiger charge is 2.29. The van der Waals surface area contributed by atoms with E-state index in [1.807, 2.05) is 19.1 Å². The summed E-state index contributed by atoms with van der Waals surface area (Å²) in [6.07, 6.45) is 3.07. The van der Waals surface area contributed by atoms with Crippen LogP contribution in [0, 0.1) is 12.8 Å². The van der Waals surface area contributed by atoms with E-state index in [0.717, 1.165) is 68.9 Å². The molecule has 5 heteroatoms. The predicted molar refractivity (Wildman–Crippen MR) is 127 cm³/mol. The van der Waals surface area contributed by atoms with Crippen LogP contribution >= 0.6 is 0 Å². The molecule has 0 unspecified atom stereocenters. The Hall–Kier alpha value is -2.92. The number of rotatable bonds is 6. The number of hydrogen-bond acceptors (Lipinski definition) is 4. The third kappa shape index (κ3) is 4.72. The van der Waals surface area contributed by atoms with E-state index in [0.29, 0.717) is 0 Å². The fourth-order valence-corrected chi connectivity index (χ4v) is 4.41. The van der Waals surface area contributed by atoms with Crippen molar-refractivity contribution in [2.45, 2.75) is 26.2 Å². The Morgan fingerprint density at radius 2 is 1.84 bits per heavy atom. The van der Waals surface area contributed by atoms with Crippen molar-refractivity contribution in [3.05, 3.63) is 65.9 Å². The van der Waals surface area contributed by atoms with Gasteiger partial charge < -0.3 is 10.2 Å². The van der Waals surface area contributed by atoms with Crippen molar-refractivity contribution < 1.29 is 4.79 Å². The van der Waals surface area contributed by atoms with Crippen LogP contribution in [-0.2, 0) is 11.2 Å². The lowest BCUT2D eigenvalue weighted by molar-refractivity contribution is -0.117. The maximum absolute atomic E-state index is 12.0. The Balaban J connectivity index is 1.16. The lowest BCUT2D eigenvalue weighted by atomic mass is 10.1. The number of carbonyl (C=O) groups is 1. The van der Waals surface area contributed by atoms with Gasteiger partial charge in [0, 0.05) is 61.1 Å². The Labute approximate surface area is 184 Å². The number of aromatic nitrogens is 1. The summed E-state index contributed by atoms with van der Waals surface area (Å²) >= 11 is 0. The van der Waals surface area contributed by atoms with Crippen LogP contribution in [0.25, 0.3) is 10.9 Å². The summed E-state index contributed by atoms with van der Waals surface area (Å²) in [6.45, 7) is 7.28. The maximum Gasteiger partial charge on any atom is 0.227 e. The molecule has 5 nitrogen and oxygen atoms in total. The van der Waals surface area contributed by atoms with Gasteiger partial charge >= 0.3 is 0 Å². The summed E-state index contributed by atoms with van der Waals surface area (Å²) in [5, 5.41) is 4.30. The molecular formula is C26H30N4O. The van der Waals surface area contributed by atoms with Gasteiger partial charge in [-0.1, -0.05) is 18.2 Å². The van der Waals surface area contributed by atoms with Gasteiger partial charge in [0.05, 0.1) is 5.52 Å². The molecule has 2 aliphatic rings. The van der Waals surface area contributed by atoms with Gasteiger partial charge in [-0.3, -0.25) is 14.7 Å². The van der Waals surface area contributed by atoms with Crippen molar-refractivity contribution in [1.29, 1.82) is 0 Å². The quantitative estimate of drug-likeness (QED) is 0.655. The fourth-order valence-electron chi connectivity index (χ4n) is 4.41. The third-order valence-electron chi connectivity index (χ3n) is 6.42. The number of anilines is 2. The second kappa shape index (κ2) is 8.67. The molecule has 31 heavy (non-hydrogen) atoms. The molecule has 1 aromatic heterocycles. The van der Waals surface area contributed by atoms with Gasteiger partial charge in [0.2, 0.25) is 5.91 Å². The van der Waals surface area contributed by atoms with E-state index in [1.165, 1.54) is 16.6 Å². The Bertz CT molecular complexity index is 1080. The van der Waals surface area contributed by atoms with Crippen LogP contribution < -0.4 is 10.2 Å². The van der Waals surface area contributed by atoms with Crippen LogP contribution in [-0.4, -0.2) is 48.5 Å². The molecule has 3 aromatic rings. The smallest absolute Gasteiger partial charge is 0.227 e. The van der Waals surface area contributed by atoms with E-state index in [9.17, 15) is 4.79 Å². The number of pyridine rings is 1. The first-order valence-electron chi connectivity index (χ1n) is 11.4. The number of benzene rings is 2. The van der Waals surface area contributed by atoms with Crippen molar-refractivity contribution in [2.75, 3.05) is 42.9 Å². The number of nitrogens with zero attached hydrogens (tertiary/aromatic N) is 3. The van der Waals surface area contributed by atoms with E-state index in [2.05, 4.69) is 62.6 Å². The molecule has 0 spiro atoms. The van der Waals surface area contributed by atoms with Gasteiger partial charge in [-0.2, -0.15) is 0 Å². The average Bonchev–Trinajstić information content (AvgIpc) is 3.63. The average molecular weight is 415 g/mol. The SMILES string of the molecule is Cc1ccc2c(N3CCN(CCc4cccc(NC(=O)C5CC5)c4)CC3)cccc2n1. The third-order valence-corrected chi connectivity index (χ3v) is 6.42. The van der Waals surface area contributed by atoms with Gasteiger partial charge in [-0.25, -0.2) is 0 Å². The highest BCUT2D eigenvalue weighted by atomic mass is 16.2. The first-order valence-corrected chi connectivity index (χ1v) is 11.4. The van der Waals surface area contributed by atoms with E-state index < -0.39 is 0 Å². The minimum atomic E-state index is 0.173. The van der Waals surface area contributed by atoms with Crippen LogP contribution in [0.15, 0.2) is 54.6 Å². The minimum Gasteiger partial charge on any atom is -0.368 e. The van der Waals surface area contributed by atoms with Gasteiger partial charge in [0.15, 0.2) is 0 Å². The number of amides is 1. The zero-order valence-electron chi connectivity index (χ0n) is 18.2. The molecule has 0 bridgehead atoms. The van der Waals surface area contributed by atoms with E-state index in [1.54, 1.807) is 0 Å². The highest BCUT2D eigenvalue weighted by Crippen LogP contribution is 2.30. The summed E-state index contributed by atoms with van der Waals surface area (Å²) in [4.78, 5) is 21.7. The number of nitrogens with one attached hydrogen (secondary N) is 1. The molecule has 0 atom stereocenters. The maximum atomic E-state index is 12.0. The van der Waals surface area contributed by atoms with E-state index in [-0.39, 0.29) is 11.8 Å². The van der Waals surface area contributed by atoms with E-state index in [4.69, 9.17) is 0 Å². The number of aryl methyl sites for hydroxylation is 1. The molecule has 2 fully saturated rings. The molecule has 1 amide bonds. The molecular weight excluding hydrogens is 384 g/mol. The highest BCUT2D eigenvalue weighted by molar-refractivity contribution is 5.94. The topological polar surface area (TPSA) is 48.5 Å². The Morgan fingerprint density at radius 3 is 2.65 bits per heavy atom. The van der Waals surface area contributed by atoms with E-state index >= 15 is 0 Å². The van der Waals surface area contributed by atoms with Crippen LogP contribution in [0.3, 0.4) is 0 Å². The molecule has 1 saturated heterocycles. The van der Waals surface area contributed by atoms with Gasteiger partial charge in [-0.05, 0) is 68.1 Å². The molecule has 1 aliphatic heterocycles. The lowest BCUT2D eigenvalue weighted by Crippen LogP contribution is -2.47. The molecule has 1 aliphatic carbocycles. The molecule has 5 rings (SSSR count). The Morgan fingerprint density at radius 1 is 1.03 bits per heavy atom. The summed E-state index contributed by atoms with van der Waals surface area (Å²) < 4.78 is 0. The second-order valence-corrected chi connectivity index (χ2v) is 8.84. The van der Waals surface area contributed by atoms with Crippen LogP contribution in [0.2, 0.25) is 0 Å². The van der Waals surface area contributed by atoms with Crippen molar-refractivity contribution in [3.8, 4) is 0 Å². The Kier molecular flexibility index (Phi) is 5.60. The molecule has 1 saturated carbocycles. The molecule has 0 radical (unpaired) electrons. The largest absolute Gasteiger partial charge is 0.368 e. The van der Waals surface area contributed by atoms with Crippen molar-refractivity contribution in [1.82, 2.24) is 9.88 Å². The van der Waals surface area contributed by atoms with Gasteiger partial charge in [0.1, 0.15) is 0 Å². The summed E-state index contributed by atoms with van der Waals surface area (Å²) in [5.74, 6) is 0.411. The summed E-state index contributed by atoms with van der Waals surface area (Å²) in [7, 11) is 0. The van der Waals surface area contributed by atoms with Crippen molar-refractivity contribution >= 4 is 28.2 Å². The van der Waals surface area contributed by atoms with Gasteiger partial charge in [-0.15, -0.1) is 0 Å². The fraction of sp³-hybridized carbons (Fsp3) is 0.385. The minimum absolute atomic E-state index is 0.173. The zero-order chi connectivity index (χ0) is 21.2. The first-order chi connectivity index (χ1) is 15.2. The normalized spacial score (nSPS) is 17.1. The standard InChI is InChI=1S/C26H30N4O/c1-19-8-11-23-24(27-19)6-3-7-25(23)30-16-14-29(15-17-30)13-12-20-4-2-5-22(18-20)28-26(31)21-9-10-21/h2-8,11,18,21H,9-10,12-17H2,1H3,(H,28,31). The number of carbonyl (C=O) groups excluding carboxylic acids is 1. The van der Waals surface area contributed by atoms with Crippen molar-refractivity contribution in [2.24, 2.45) is 5.92 Å². The number of piperazine rings is 1.